The second-order valence-electron chi connectivity index (χ2n) is 4.44. The largest absolute Gasteiger partial charge is 0.383 e. The van der Waals surface area contributed by atoms with Crippen LogP contribution < -0.4 is 16.4 Å². The van der Waals surface area contributed by atoms with Gasteiger partial charge >= 0.3 is 5.69 Å². The Morgan fingerprint density at radius 1 is 1.35 bits per heavy atom. The van der Waals surface area contributed by atoms with E-state index in [4.69, 9.17) is 22.1 Å². The SMILES string of the molecule is COCCNc1nc(N)c([N+](=O)[O-])c(Nc2ccc(Cl)cc2)n1. The van der Waals surface area contributed by atoms with E-state index < -0.39 is 10.6 Å². The number of nitrogens with zero attached hydrogens (tertiary/aromatic N) is 3. The Bertz CT molecular complexity index is 695. The minimum atomic E-state index is -0.632. The maximum atomic E-state index is 11.2. The molecule has 0 saturated carbocycles. The highest BCUT2D eigenvalue weighted by Gasteiger charge is 2.23. The molecule has 0 aliphatic rings. The molecule has 0 aliphatic heterocycles. The highest BCUT2D eigenvalue weighted by Crippen LogP contribution is 2.31. The fraction of sp³-hybridized carbons (Fsp3) is 0.231. The van der Waals surface area contributed by atoms with Crippen LogP contribution in [0.2, 0.25) is 5.02 Å². The van der Waals surface area contributed by atoms with Crippen molar-refractivity contribution in [2.24, 2.45) is 0 Å². The van der Waals surface area contributed by atoms with Gasteiger partial charge in [0.1, 0.15) is 0 Å². The molecule has 0 bridgehead atoms. The van der Waals surface area contributed by atoms with Crippen LogP contribution in [0.25, 0.3) is 0 Å². The zero-order valence-electron chi connectivity index (χ0n) is 12.2. The Morgan fingerprint density at radius 2 is 2.04 bits per heavy atom. The molecule has 1 aromatic heterocycles. The molecule has 0 aliphatic carbocycles. The van der Waals surface area contributed by atoms with Gasteiger partial charge in [0.2, 0.25) is 17.6 Å². The van der Waals surface area contributed by atoms with Crippen LogP contribution in [0.1, 0.15) is 0 Å². The average molecular weight is 339 g/mol. The van der Waals surface area contributed by atoms with E-state index in [1.165, 1.54) is 0 Å². The fourth-order valence-electron chi connectivity index (χ4n) is 1.75. The van der Waals surface area contributed by atoms with Gasteiger partial charge in [0.05, 0.1) is 11.5 Å². The monoisotopic (exact) mass is 338 g/mol. The smallest absolute Gasteiger partial charge is 0.353 e. The first-order valence-electron chi connectivity index (χ1n) is 6.58. The molecular formula is C13H15ClN6O3. The molecule has 0 unspecified atom stereocenters. The lowest BCUT2D eigenvalue weighted by Crippen LogP contribution is -2.13. The fourth-order valence-corrected chi connectivity index (χ4v) is 1.88. The molecule has 0 fully saturated rings. The summed E-state index contributed by atoms with van der Waals surface area (Å²) < 4.78 is 4.91. The van der Waals surface area contributed by atoms with Gasteiger partial charge in [-0.15, -0.1) is 0 Å². The van der Waals surface area contributed by atoms with Crippen molar-refractivity contribution in [2.45, 2.75) is 0 Å². The Kier molecular flexibility index (Phi) is 5.50. The molecule has 23 heavy (non-hydrogen) atoms. The lowest BCUT2D eigenvalue weighted by Gasteiger charge is -2.10. The zero-order valence-corrected chi connectivity index (χ0v) is 13.0. The van der Waals surface area contributed by atoms with Crippen LogP contribution in [0.5, 0.6) is 0 Å². The molecule has 0 spiro atoms. The number of ether oxygens (including phenoxy) is 1. The normalized spacial score (nSPS) is 10.3. The van der Waals surface area contributed by atoms with Crippen molar-refractivity contribution in [3.05, 3.63) is 39.4 Å². The summed E-state index contributed by atoms with van der Waals surface area (Å²) in [5, 5.41) is 17.5. The van der Waals surface area contributed by atoms with Gasteiger partial charge in [-0.3, -0.25) is 10.1 Å². The van der Waals surface area contributed by atoms with Crippen molar-refractivity contribution in [1.29, 1.82) is 0 Å². The summed E-state index contributed by atoms with van der Waals surface area (Å²) in [6, 6.07) is 6.64. The number of halogens is 1. The van der Waals surface area contributed by atoms with E-state index in [-0.39, 0.29) is 17.6 Å². The van der Waals surface area contributed by atoms with Crippen molar-refractivity contribution >= 4 is 40.6 Å². The molecule has 1 aromatic carbocycles. The van der Waals surface area contributed by atoms with Crippen LogP contribution in [0.15, 0.2) is 24.3 Å². The van der Waals surface area contributed by atoms with Crippen LogP contribution in [0, 0.1) is 10.1 Å². The number of rotatable bonds is 7. The average Bonchev–Trinajstić information content (AvgIpc) is 2.49. The number of aromatic nitrogens is 2. The number of nitrogens with two attached hydrogens (primary N) is 1. The van der Waals surface area contributed by atoms with Crippen LogP contribution in [0.3, 0.4) is 0 Å². The molecule has 10 heteroatoms. The van der Waals surface area contributed by atoms with Crippen LogP contribution in [-0.2, 0) is 4.74 Å². The number of benzene rings is 1. The highest BCUT2D eigenvalue weighted by molar-refractivity contribution is 6.30. The summed E-state index contributed by atoms with van der Waals surface area (Å²) in [6.07, 6.45) is 0. The number of hydrogen-bond donors (Lipinski definition) is 3. The number of anilines is 4. The Balaban J connectivity index is 2.33. The number of hydrogen-bond acceptors (Lipinski definition) is 8. The molecule has 0 amide bonds. The Hall–Kier alpha value is -2.65. The summed E-state index contributed by atoms with van der Waals surface area (Å²) in [6.45, 7) is 0.869. The molecule has 0 saturated heterocycles. The van der Waals surface area contributed by atoms with Crippen molar-refractivity contribution in [3.63, 3.8) is 0 Å². The summed E-state index contributed by atoms with van der Waals surface area (Å²) in [5.74, 6) is -0.0762. The van der Waals surface area contributed by atoms with Gasteiger partial charge in [0, 0.05) is 24.4 Å². The maximum absolute atomic E-state index is 11.2. The molecular weight excluding hydrogens is 324 g/mol. The van der Waals surface area contributed by atoms with Gasteiger partial charge in [-0.25, -0.2) is 0 Å². The van der Waals surface area contributed by atoms with Crippen molar-refractivity contribution in [3.8, 4) is 0 Å². The number of nitrogen functional groups attached to an aromatic ring is 1. The van der Waals surface area contributed by atoms with Crippen LogP contribution in [-0.4, -0.2) is 35.2 Å². The summed E-state index contributed by atoms with van der Waals surface area (Å²) in [5.41, 5.74) is 5.87. The Labute approximate surface area is 137 Å². The van der Waals surface area contributed by atoms with Gasteiger partial charge in [-0.05, 0) is 24.3 Å². The number of methoxy groups -OCH3 is 1. The Morgan fingerprint density at radius 3 is 2.65 bits per heavy atom. The second-order valence-corrected chi connectivity index (χ2v) is 4.87. The molecule has 4 N–H and O–H groups in total. The minimum Gasteiger partial charge on any atom is -0.383 e. The van der Waals surface area contributed by atoms with Gasteiger partial charge in [0.15, 0.2) is 0 Å². The van der Waals surface area contributed by atoms with Crippen molar-refractivity contribution in [1.82, 2.24) is 9.97 Å². The molecule has 2 rings (SSSR count). The van der Waals surface area contributed by atoms with E-state index in [2.05, 4.69) is 20.6 Å². The van der Waals surface area contributed by atoms with E-state index in [1.807, 2.05) is 0 Å². The molecule has 9 nitrogen and oxygen atoms in total. The molecule has 2 aromatic rings. The molecule has 0 radical (unpaired) electrons. The van der Waals surface area contributed by atoms with E-state index in [0.717, 1.165) is 0 Å². The maximum Gasteiger partial charge on any atom is 0.353 e. The number of nitro groups is 1. The summed E-state index contributed by atoms with van der Waals surface area (Å²) >= 11 is 5.81. The van der Waals surface area contributed by atoms with Crippen molar-refractivity contribution < 1.29 is 9.66 Å². The van der Waals surface area contributed by atoms with Crippen molar-refractivity contribution in [2.75, 3.05) is 36.6 Å². The van der Waals surface area contributed by atoms with E-state index in [0.29, 0.717) is 23.9 Å². The van der Waals surface area contributed by atoms with Crippen LogP contribution >= 0.6 is 11.6 Å². The third-order valence-electron chi connectivity index (χ3n) is 2.79. The first-order chi connectivity index (χ1) is 11.0. The second kappa shape index (κ2) is 7.56. The van der Waals surface area contributed by atoms with E-state index in [9.17, 15) is 10.1 Å². The number of nitrogens with one attached hydrogen (secondary N) is 2. The standard InChI is InChI=1S/C13H15ClN6O3/c1-23-7-6-16-13-18-11(15)10(20(21)22)12(19-13)17-9-4-2-8(14)3-5-9/h2-5H,6-7H2,1H3,(H4,15,16,17,18,19). The third kappa shape index (κ3) is 4.41. The van der Waals surface area contributed by atoms with Gasteiger partial charge < -0.3 is 21.1 Å². The summed E-state index contributed by atoms with van der Waals surface area (Å²) in [7, 11) is 1.56. The molecule has 1 heterocycles. The minimum absolute atomic E-state index is 0.00950. The van der Waals surface area contributed by atoms with E-state index in [1.54, 1.807) is 31.4 Å². The summed E-state index contributed by atoms with van der Waals surface area (Å²) in [4.78, 5) is 18.6. The van der Waals surface area contributed by atoms with Gasteiger partial charge in [0.25, 0.3) is 0 Å². The topological polar surface area (TPSA) is 128 Å². The highest BCUT2D eigenvalue weighted by atomic mass is 35.5. The first-order valence-corrected chi connectivity index (χ1v) is 6.96. The molecule has 122 valence electrons. The lowest BCUT2D eigenvalue weighted by atomic mass is 10.3. The predicted octanol–water partition coefficient (Wildman–Crippen LogP) is 2.42. The van der Waals surface area contributed by atoms with Gasteiger partial charge in [-0.2, -0.15) is 9.97 Å². The third-order valence-corrected chi connectivity index (χ3v) is 3.04. The van der Waals surface area contributed by atoms with Crippen LogP contribution in [0.4, 0.5) is 29.0 Å². The quantitative estimate of drug-likeness (QED) is 0.399. The molecule has 0 atom stereocenters. The zero-order chi connectivity index (χ0) is 16.8. The lowest BCUT2D eigenvalue weighted by molar-refractivity contribution is -0.383. The first kappa shape index (κ1) is 16.7. The predicted molar refractivity (Wildman–Crippen MR) is 88.2 cm³/mol. The van der Waals surface area contributed by atoms with Gasteiger partial charge in [-0.1, -0.05) is 11.6 Å². The van der Waals surface area contributed by atoms with E-state index >= 15 is 0 Å².